The Balaban J connectivity index is 1.58. The van der Waals surface area contributed by atoms with Crippen molar-refractivity contribution in [2.75, 3.05) is 0 Å². The number of fused-ring (bicyclic) bond motifs is 3. The van der Waals surface area contributed by atoms with E-state index in [4.69, 9.17) is 9.73 Å². The van der Waals surface area contributed by atoms with Crippen LogP contribution in [0.5, 0.6) is 0 Å². The van der Waals surface area contributed by atoms with Crippen LogP contribution in [0.2, 0.25) is 0 Å². The number of rotatable bonds is 4. The van der Waals surface area contributed by atoms with Gasteiger partial charge in [-0.05, 0) is 43.7 Å². The second kappa shape index (κ2) is 8.90. The van der Waals surface area contributed by atoms with E-state index in [9.17, 15) is 9.18 Å². The number of nitrogens with one attached hydrogen (secondary N) is 1. The summed E-state index contributed by atoms with van der Waals surface area (Å²) in [7, 11) is 0. The molecule has 2 heterocycles. The second-order valence-corrected chi connectivity index (χ2v) is 8.03. The van der Waals surface area contributed by atoms with Crippen LogP contribution in [0.15, 0.2) is 77.8 Å². The third-order valence-corrected chi connectivity index (χ3v) is 5.60. The molecule has 1 aromatic heterocycles. The monoisotopic (exact) mass is 455 g/mol. The molecular weight excluding hydrogens is 433 g/mol. The largest absolute Gasteiger partial charge is 0.445 e. The Labute approximate surface area is 195 Å². The minimum absolute atomic E-state index is 0.106. The number of aryl methyl sites for hydroxylation is 2. The quantitative estimate of drug-likeness (QED) is 0.479. The molecule has 0 radical (unpaired) electrons. The molecule has 5 rings (SSSR count). The van der Waals surface area contributed by atoms with Gasteiger partial charge in [0.15, 0.2) is 12.0 Å². The summed E-state index contributed by atoms with van der Waals surface area (Å²) in [5.41, 5.74) is 4.06. The van der Waals surface area contributed by atoms with Gasteiger partial charge in [0.05, 0.1) is 11.4 Å². The van der Waals surface area contributed by atoms with Crippen molar-refractivity contribution in [3.05, 3.63) is 113 Å². The van der Waals surface area contributed by atoms with E-state index >= 15 is 0 Å². The Kier molecular flexibility index (Phi) is 5.63. The lowest BCUT2D eigenvalue weighted by Crippen LogP contribution is -2.30. The summed E-state index contributed by atoms with van der Waals surface area (Å²) < 4.78 is 22.1. The number of alkyl carbamates (subject to hydrolysis) is 1. The number of nitrogens with zero attached hydrogens (tertiary/aromatic N) is 4. The van der Waals surface area contributed by atoms with E-state index < -0.39 is 18.1 Å². The van der Waals surface area contributed by atoms with Gasteiger partial charge in [-0.25, -0.2) is 9.18 Å². The normalized spacial score (nSPS) is 14.4. The van der Waals surface area contributed by atoms with Crippen molar-refractivity contribution >= 4 is 11.8 Å². The number of carbonyl (C=O) groups is 1. The smallest absolute Gasteiger partial charge is 0.409 e. The summed E-state index contributed by atoms with van der Waals surface area (Å²) >= 11 is 0. The predicted molar refractivity (Wildman–Crippen MR) is 125 cm³/mol. The molecule has 0 aliphatic carbocycles. The molecule has 0 fully saturated rings. The molecule has 3 aromatic carbocycles. The Hall–Kier alpha value is -4.33. The number of aliphatic imine (C=N–C) groups is 1. The zero-order valence-electron chi connectivity index (χ0n) is 18.7. The lowest BCUT2D eigenvalue weighted by Gasteiger charge is -2.14. The van der Waals surface area contributed by atoms with Crippen molar-refractivity contribution in [2.45, 2.75) is 26.6 Å². The fourth-order valence-corrected chi connectivity index (χ4v) is 3.99. The van der Waals surface area contributed by atoms with Gasteiger partial charge in [0.1, 0.15) is 18.2 Å². The maximum Gasteiger partial charge on any atom is 0.409 e. The molecule has 1 N–H and O–H groups in total. The summed E-state index contributed by atoms with van der Waals surface area (Å²) in [5.74, 6) is 0.619. The van der Waals surface area contributed by atoms with Gasteiger partial charge in [-0.15, -0.1) is 10.2 Å². The summed E-state index contributed by atoms with van der Waals surface area (Å²) in [6.07, 6.45) is -1.60. The fourth-order valence-electron chi connectivity index (χ4n) is 3.99. The molecule has 1 atom stereocenters. The van der Waals surface area contributed by atoms with Crippen LogP contribution in [-0.2, 0) is 11.3 Å². The number of ether oxygens (including phenoxy) is 1. The van der Waals surface area contributed by atoms with E-state index in [1.807, 2.05) is 66.9 Å². The zero-order valence-corrected chi connectivity index (χ0v) is 18.7. The third-order valence-electron chi connectivity index (χ3n) is 5.60. The maximum atomic E-state index is 14.9. The number of hydrogen-bond acceptors (Lipinski definition) is 5. The van der Waals surface area contributed by atoms with E-state index in [-0.39, 0.29) is 6.61 Å². The van der Waals surface area contributed by atoms with Crippen LogP contribution in [-0.4, -0.2) is 26.6 Å². The van der Waals surface area contributed by atoms with Gasteiger partial charge < -0.3 is 4.74 Å². The van der Waals surface area contributed by atoms with Crippen molar-refractivity contribution in [3.8, 4) is 5.69 Å². The van der Waals surface area contributed by atoms with Crippen molar-refractivity contribution < 1.29 is 13.9 Å². The molecule has 1 aliphatic heterocycles. The van der Waals surface area contributed by atoms with E-state index in [1.54, 1.807) is 18.2 Å². The Morgan fingerprint density at radius 2 is 1.76 bits per heavy atom. The number of benzene rings is 3. The lowest BCUT2D eigenvalue weighted by molar-refractivity contribution is 0.135. The first-order chi connectivity index (χ1) is 16.5. The number of halogens is 1. The van der Waals surface area contributed by atoms with Crippen LogP contribution in [0.3, 0.4) is 0 Å². The number of amides is 1. The molecule has 0 bridgehead atoms. The molecule has 4 aromatic rings. The summed E-state index contributed by atoms with van der Waals surface area (Å²) in [6.45, 7) is 3.88. The summed E-state index contributed by atoms with van der Waals surface area (Å²) in [5, 5.41) is 11.3. The minimum atomic E-state index is -0.938. The number of carbonyl (C=O) groups excluding carboxylic acids is 1. The molecule has 0 saturated carbocycles. The van der Waals surface area contributed by atoms with Crippen LogP contribution in [0.4, 0.5) is 9.18 Å². The van der Waals surface area contributed by atoms with Crippen LogP contribution in [0.25, 0.3) is 5.69 Å². The maximum absolute atomic E-state index is 14.9. The van der Waals surface area contributed by atoms with E-state index in [0.29, 0.717) is 22.9 Å². The first-order valence-corrected chi connectivity index (χ1v) is 10.8. The molecule has 34 heavy (non-hydrogen) atoms. The van der Waals surface area contributed by atoms with Crippen LogP contribution < -0.4 is 5.32 Å². The van der Waals surface area contributed by atoms with E-state index in [0.717, 1.165) is 22.4 Å². The van der Waals surface area contributed by atoms with Gasteiger partial charge in [0.2, 0.25) is 0 Å². The molecule has 170 valence electrons. The zero-order chi connectivity index (χ0) is 23.7. The molecule has 7 nitrogen and oxygen atoms in total. The van der Waals surface area contributed by atoms with Crippen molar-refractivity contribution in [3.63, 3.8) is 0 Å². The minimum Gasteiger partial charge on any atom is -0.445 e. The van der Waals surface area contributed by atoms with Crippen LogP contribution in [0.1, 0.15) is 40.1 Å². The van der Waals surface area contributed by atoms with Gasteiger partial charge >= 0.3 is 6.09 Å². The van der Waals surface area contributed by atoms with Gasteiger partial charge in [0, 0.05) is 11.1 Å². The Morgan fingerprint density at radius 1 is 1.00 bits per heavy atom. The van der Waals surface area contributed by atoms with Gasteiger partial charge in [-0.1, -0.05) is 54.1 Å². The van der Waals surface area contributed by atoms with Crippen LogP contribution in [0, 0.1) is 19.7 Å². The molecule has 8 heteroatoms. The van der Waals surface area contributed by atoms with Gasteiger partial charge in [-0.3, -0.25) is 14.9 Å². The average Bonchev–Trinajstić information content (AvgIpc) is 3.16. The SMILES string of the molecule is Cc1ccc2c(c1)C(c1ccccc1F)=NC(NC(=O)OCc1ccccc1)c1nnc(C)n1-2. The Bertz CT molecular complexity index is 1400. The van der Waals surface area contributed by atoms with Crippen molar-refractivity contribution in [1.29, 1.82) is 0 Å². The van der Waals surface area contributed by atoms with Crippen molar-refractivity contribution in [2.24, 2.45) is 4.99 Å². The first-order valence-electron chi connectivity index (χ1n) is 10.8. The highest BCUT2D eigenvalue weighted by molar-refractivity contribution is 6.15. The lowest BCUT2D eigenvalue weighted by atomic mass is 9.98. The summed E-state index contributed by atoms with van der Waals surface area (Å²) in [6, 6.07) is 21.6. The molecule has 0 saturated heterocycles. The molecular formula is C26H22FN5O2. The number of hydrogen-bond donors (Lipinski definition) is 1. The predicted octanol–water partition coefficient (Wildman–Crippen LogP) is 4.80. The Morgan fingerprint density at radius 3 is 2.56 bits per heavy atom. The molecule has 0 spiro atoms. The van der Waals surface area contributed by atoms with Crippen LogP contribution >= 0.6 is 0 Å². The highest BCUT2D eigenvalue weighted by Crippen LogP contribution is 2.31. The standard InChI is InChI=1S/C26H22FN5O2/c1-16-12-13-22-20(14-16)23(19-10-6-7-11-21(19)27)28-24(25-31-30-17(2)32(22)25)29-26(33)34-15-18-8-4-3-5-9-18/h3-14,24H,15H2,1-2H3,(H,29,33). The topological polar surface area (TPSA) is 81.4 Å². The fraction of sp³-hybridized carbons (Fsp3) is 0.154. The van der Waals surface area contributed by atoms with Gasteiger partial charge in [-0.2, -0.15) is 0 Å². The highest BCUT2D eigenvalue weighted by Gasteiger charge is 2.30. The van der Waals surface area contributed by atoms with E-state index in [2.05, 4.69) is 15.5 Å². The van der Waals surface area contributed by atoms with Crippen molar-refractivity contribution in [1.82, 2.24) is 20.1 Å². The molecule has 1 amide bonds. The molecule has 1 unspecified atom stereocenters. The summed E-state index contributed by atoms with van der Waals surface area (Å²) in [4.78, 5) is 17.5. The van der Waals surface area contributed by atoms with E-state index in [1.165, 1.54) is 6.07 Å². The second-order valence-electron chi connectivity index (χ2n) is 8.03. The third kappa shape index (κ3) is 4.05. The first kappa shape index (κ1) is 21.5. The van der Waals surface area contributed by atoms with Gasteiger partial charge in [0.25, 0.3) is 0 Å². The highest BCUT2D eigenvalue weighted by atomic mass is 19.1. The molecule has 1 aliphatic rings. The number of aromatic nitrogens is 3. The average molecular weight is 455 g/mol.